The minimum Gasteiger partial charge on any atom is -0.322 e. The van der Waals surface area contributed by atoms with Gasteiger partial charge in [0.05, 0.1) is 16.2 Å². The van der Waals surface area contributed by atoms with Gasteiger partial charge in [-0.15, -0.1) is 0 Å². The Morgan fingerprint density at radius 3 is 2.69 bits per heavy atom. The summed E-state index contributed by atoms with van der Waals surface area (Å²) < 4.78 is 26.4. The fraction of sp³-hybridized carbons (Fsp3) is 0.300. The van der Waals surface area contributed by atoms with E-state index in [0.717, 1.165) is 12.1 Å². The van der Waals surface area contributed by atoms with Crippen LogP contribution in [0.4, 0.5) is 14.5 Å². The molecule has 1 amide bonds. The van der Waals surface area contributed by atoms with Crippen LogP contribution < -0.4 is 11.1 Å². The van der Waals surface area contributed by atoms with Gasteiger partial charge in [-0.05, 0) is 28.4 Å². The molecule has 0 radical (unpaired) electrons. The van der Waals surface area contributed by atoms with Crippen molar-refractivity contribution in [2.24, 2.45) is 5.73 Å². The lowest BCUT2D eigenvalue weighted by atomic mass is 10.2. The molecule has 0 spiro atoms. The zero-order chi connectivity index (χ0) is 12.3. The van der Waals surface area contributed by atoms with Crippen LogP contribution in [0.1, 0.15) is 13.3 Å². The van der Waals surface area contributed by atoms with E-state index < -0.39 is 23.6 Å². The molecule has 0 unspecified atom stereocenters. The SMILES string of the molecule is CC[C@H](N)C(=O)Nc1cc(F)c(Br)cc1F. The first kappa shape index (κ1) is 13.1. The summed E-state index contributed by atoms with van der Waals surface area (Å²) in [5.41, 5.74) is 5.23. The largest absolute Gasteiger partial charge is 0.322 e. The van der Waals surface area contributed by atoms with Gasteiger partial charge in [0, 0.05) is 6.07 Å². The minimum absolute atomic E-state index is 0.00258. The summed E-state index contributed by atoms with van der Waals surface area (Å²) in [5, 5.41) is 2.23. The molecular formula is C10H11BrF2N2O. The maximum atomic E-state index is 13.3. The average molecular weight is 293 g/mol. The van der Waals surface area contributed by atoms with Crippen molar-refractivity contribution in [1.29, 1.82) is 0 Å². The van der Waals surface area contributed by atoms with E-state index in [1.807, 2.05) is 0 Å². The van der Waals surface area contributed by atoms with Crippen molar-refractivity contribution in [1.82, 2.24) is 0 Å². The third-order valence-corrected chi connectivity index (χ3v) is 2.65. The van der Waals surface area contributed by atoms with E-state index in [4.69, 9.17) is 5.73 Å². The molecule has 0 aliphatic heterocycles. The third kappa shape index (κ3) is 2.99. The number of anilines is 1. The molecule has 0 aromatic heterocycles. The normalized spacial score (nSPS) is 12.3. The van der Waals surface area contributed by atoms with E-state index >= 15 is 0 Å². The molecule has 6 heteroatoms. The first-order chi connectivity index (χ1) is 7.45. The number of carbonyl (C=O) groups is 1. The van der Waals surface area contributed by atoms with Crippen molar-refractivity contribution in [3.63, 3.8) is 0 Å². The maximum Gasteiger partial charge on any atom is 0.241 e. The Morgan fingerprint density at radius 1 is 1.50 bits per heavy atom. The van der Waals surface area contributed by atoms with Gasteiger partial charge in [0.15, 0.2) is 0 Å². The van der Waals surface area contributed by atoms with E-state index in [2.05, 4.69) is 21.2 Å². The number of amides is 1. The summed E-state index contributed by atoms with van der Waals surface area (Å²) >= 11 is 2.84. The molecule has 3 nitrogen and oxygen atoms in total. The van der Waals surface area contributed by atoms with Crippen molar-refractivity contribution >= 4 is 27.5 Å². The molecule has 0 aliphatic carbocycles. The number of hydrogen-bond donors (Lipinski definition) is 2. The van der Waals surface area contributed by atoms with E-state index in [1.54, 1.807) is 6.92 Å². The molecule has 1 aromatic rings. The fourth-order valence-corrected chi connectivity index (χ4v) is 1.34. The van der Waals surface area contributed by atoms with Crippen LogP contribution in [0.2, 0.25) is 0 Å². The quantitative estimate of drug-likeness (QED) is 0.841. The molecule has 0 saturated carbocycles. The molecule has 16 heavy (non-hydrogen) atoms. The summed E-state index contributed by atoms with van der Waals surface area (Å²) in [6.45, 7) is 1.72. The van der Waals surface area contributed by atoms with Gasteiger partial charge in [0.2, 0.25) is 5.91 Å². The highest BCUT2D eigenvalue weighted by molar-refractivity contribution is 9.10. The van der Waals surface area contributed by atoms with E-state index in [-0.39, 0.29) is 10.2 Å². The lowest BCUT2D eigenvalue weighted by Gasteiger charge is -2.11. The van der Waals surface area contributed by atoms with Crippen LogP contribution in [0, 0.1) is 11.6 Å². The van der Waals surface area contributed by atoms with Gasteiger partial charge < -0.3 is 11.1 Å². The zero-order valence-electron chi connectivity index (χ0n) is 8.56. The smallest absolute Gasteiger partial charge is 0.241 e. The highest BCUT2D eigenvalue weighted by atomic mass is 79.9. The van der Waals surface area contributed by atoms with Crippen molar-refractivity contribution in [3.05, 3.63) is 28.2 Å². The van der Waals surface area contributed by atoms with Gasteiger partial charge in [-0.25, -0.2) is 8.78 Å². The van der Waals surface area contributed by atoms with Gasteiger partial charge in [-0.3, -0.25) is 4.79 Å². The highest BCUT2D eigenvalue weighted by Gasteiger charge is 2.15. The van der Waals surface area contributed by atoms with Gasteiger partial charge in [0.25, 0.3) is 0 Å². The minimum atomic E-state index is -0.730. The Kier molecular flexibility index (Phi) is 4.37. The predicted molar refractivity (Wildman–Crippen MR) is 61.0 cm³/mol. The lowest BCUT2D eigenvalue weighted by molar-refractivity contribution is -0.117. The number of benzene rings is 1. The second kappa shape index (κ2) is 5.36. The summed E-state index contributed by atoms with van der Waals surface area (Å²) in [4.78, 5) is 11.4. The molecule has 1 atom stereocenters. The highest BCUT2D eigenvalue weighted by Crippen LogP contribution is 2.23. The van der Waals surface area contributed by atoms with Crippen LogP contribution in [0.3, 0.4) is 0 Å². The molecule has 0 fully saturated rings. The molecule has 1 aromatic carbocycles. The molecule has 1 rings (SSSR count). The van der Waals surface area contributed by atoms with Crippen LogP contribution >= 0.6 is 15.9 Å². The summed E-state index contributed by atoms with van der Waals surface area (Å²) in [6, 6.07) is 1.12. The third-order valence-electron chi connectivity index (χ3n) is 2.04. The number of nitrogens with two attached hydrogens (primary N) is 1. The van der Waals surface area contributed by atoms with Gasteiger partial charge >= 0.3 is 0 Å². The monoisotopic (exact) mass is 292 g/mol. The number of nitrogens with one attached hydrogen (secondary N) is 1. The van der Waals surface area contributed by atoms with E-state index in [9.17, 15) is 13.6 Å². The van der Waals surface area contributed by atoms with Crippen molar-refractivity contribution in [2.45, 2.75) is 19.4 Å². The van der Waals surface area contributed by atoms with Crippen molar-refractivity contribution < 1.29 is 13.6 Å². The van der Waals surface area contributed by atoms with Crippen molar-refractivity contribution in [3.8, 4) is 0 Å². The zero-order valence-corrected chi connectivity index (χ0v) is 10.1. The Balaban J connectivity index is 2.90. The second-order valence-electron chi connectivity index (χ2n) is 3.25. The molecule has 3 N–H and O–H groups in total. The number of rotatable bonds is 3. The topological polar surface area (TPSA) is 55.1 Å². The fourth-order valence-electron chi connectivity index (χ4n) is 1.03. The summed E-state index contributed by atoms with van der Waals surface area (Å²) in [5.74, 6) is -1.91. The molecule has 0 heterocycles. The predicted octanol–water partition coefficient (Wildman–Crippen LogP) is 2.40. The van der Waals surface area contributed by atoms with Gasteiger partial charge in [-0.1, -0.05) is 6.92 Å². The Labute approximate surface area is 100 Å². The number of hydrogen-bond acceptors (Lipinski definition) is 2. The summed E-state index contributed by atoms with van der Waals surface area (Å²) in [7, 11) is 0. The Bertz CT molecular complexity index is 412. The number of carbonyl (C=O) groups excluding carboxylic acids is 1. The van der Waals surface area contributed by atoms with Crippen LogP contribution in [-0.4, -0.2) is 11.9 Å². The number of halogens is 3. The molecular weight excluding hydrogens is 282 g/mol. The first-order valence-corrected chi connectivity index (χ1v) is 5.46. The molecule has 88 valence electrons. The Hall–Kier alpha value is -1.01. The first-order valence-electron chi connectivity index (χ1n) is 4.66. The Morgan fingerprint density at radius 2 is 2.12 bits per heavy atom. The average Bonchev–Trinajstić information content (AvgIpc) is 2.24. The van der Waals surface area contributed by atoms with Crippen LogP contribution in [-0.2, 0) is 4.79 Å². The summed E-state index contributed by atoms with van der Waals surface area (Å²) in [6.07, 6.45) is 0.423. The van der Waals surface area contributed by atoms with Crippen molar-refractivity contribution in [2.75, 3.05) is 5.32 Å². The standard InChI is InChI=1S/C10H11BrF2N2O/c1-2-8(14)10(16)15-9-4-6(12)5(11)3-7(9)13/h3-4,8H,2,14H2,1H3,(H,15,16)/t8-/m0/s1. The molecule has 0 bridgehead atoms. The maximum absolute atomic E-state index is 13.3. The van der Waals surface area contributed by atoms with Gasteiger partial charge in [-0.2, -0.15) is 0 Å². The molecule has 0 saturated heterocycles. The second-order valence-corrected chi connectivity index (χ2v) is 4.10. The van der Waals surface area contributed by atoms with Gasteiger partial charge in [0.1, 0.15) is 11.6 Å². The molecule has 0 aliphatic rings. The van der Waals surface area contributed by atoms with Crippen LogP contribution in [0.15, 0.2) is 16.6 Å². The van der Waals surface area contributed by atoms with Crippen LogP contribution in [0.5, 0.6) is 0 Å². The van der Waals surface area contributed by atoms with Crippen LogP contribution in [0.25, 0.3) is 0 Å². The lowest BCUT2D eigenvalue weighted by Crippen LogP contribution is -2.35. The van der Waals surface area contributed by atoms with E-state index in [0.29, 0.717) is 6.42 Å². The van der Waals surface area contributed by atoms with E-state index in [1.165, 1.54) is 0 Å².